The van der Waals surface area contributed by atoms with Gasteiger partial charge in [0.2, 0.25) is 10.3 Å². The molecule has 0 amide bonds. The number of nitrogens with zero attached hydrogens (tertiary/aromatic N) is 6. The second-order valence-electron chi connectivity index (χ2n) is 16.2. The van der Waals surface area contributed by atoms with Crippen molar-refractivity contribution in [3.05, 3.63) is 253 Å². The van der Waals surface area contributed by atoms with Crippen LogP contribution in [0.3, 0.4) is 0 Å². The second kappa shape index (κ2) is 17.2. The van der Waals surface area contributed by atoms with Crippen molar-refractivity contribution in [3.8, 4) is 0 Å². The molecule has 4 heterocycles. The first-order valence-corrected chi connectivity index (χ1v) is 23.7. The van der Waals surface area contributed by atoms with Gasteiger partial charge in [0.25, 0.3) is 0 Å². The molecule has 6 nitrogen and oxygen atoms in total. The second-order valence-corrected chi connectivity index (χ2v) is 18.2. The molecule has 8 aromatic carbocycles. The molecule has 310 valence electrons. The zero-order valence-electron chi connectivity index (χ0n) is 35.6. The lowest BCUT2D eigenvalue weighted by Crippen LogP contribution is -2.58. The highest BCUT2D eigenvalue weighted by Crippen LogP contribution is 2.50. The fourth-order valence-corrected chi connectivity index (χ4v) is 11.0. The van der Waals surface area contributed by atoms with Crippen LogP contribution in [0.4, 0.5) is 10.3 Å². The minimum Gasteiger partial charge on any atom is -0.360 e. The van der Waals surface area contributed by atoms with Gasteiger partial charge in [0.15, 0.2) is 0 Å². The monoisotopic (exact) mass is 880 g/mol. The van der Waals surface area contributed by atoms with Crippen LogP contribution in [-0.2, 0) is 0 Å². The van der Waals surface area contributed by atoms with Crippen LogP contribution in [0.5, 0.6) is 0 Å². The van der Waals surface area contributed by atoms with E-state index in [0.717, 1.165) is 87.6 Å². The SMILES string of the molecule is c1ccc(B(c2ccccc2)N2C(c3ccccc3)=C3C(=C(c4ccccc4)N(B(c4ccccc4)c4ccccc4)/C3=N\c3nc4ccccc4s3)/C2=N/c2nc3ccccc3s2)cc1. The standard InChI is InChI=1S/C56H38B2N6S2/c1-7-23-39(24-8-1)51-49-50(54(62-56-60-46-36-20-22-38-48(46)66-56)63(51)57(41-27-11-3-12-28-41)42-29-13-4-14-30-42)52(40-25-9-2-10-26-40)64(53(49)61-55-59-45-35-19-21-37-47(45)65-55)58(43-31-15-5-16-32-43)44-33-17-6-18-34-44/h1-38H/b61-53-,62-54-. The van der Waals surface area contributed by atoms with E-state index in [1.165, 1.54) is 0 Å². The van der Waals surface area contributed by atoms with Gasteiger partial charge in [-0.3, -0.25) is 0 Å². The lowest BCUT2D eigenvalue weighted by molar-refractivity contribution is 0.894. The summed E-state index contributed by atoms with van der Waals surface area (Å²) in [5, 5.41) is 1.35. The molecular formula is C56H38B2N6S2. The Morgan fingerprint density at radius 3 is 0.939 bits per heavy atom. The van der Waals surface area contributed by atoms with Gasteiger partial charge in [-0.05, 0) is 35.4 Å². The van der Waals surface area contributed by atoms with Crippen LogP contribution in [0, 0.1) is 0 Å². The first-order valence-electron chi connectivity index (χ1n) is 22.0. The molecule has 2 aliphatic rings. The van der Waals surface area contributed by atoms with Crippen molar-refractivity contribution >= 4 is 112 Å². The average molecular weight is 881 g/mol. The molecule has 2 aliphatic heterocycles. The third-order valence-electron chi connectivity index (χ3n) is 12.1. The van der Waals surface area contributed by atoms with E-state index in [0.29, 0.717) is 10.3 Å². The number of rotatable bonds is 10. The maximum absolute atomic E-state index is 5.81. The van der Waals surface area contributed by atoms with E-state index in [2.05, 4.69) is 228 Å². The van der Waals surface area contributed by atoms with Gasteiger partial charge < -0.3 is 9.62 Å². The summed E-state index contributed by atoms with van der Waals surface area (Å²) in [5.74, 6) is 1.58. The van der Waals surface area contributed by atoms with Gasteiger partial charge in [0.05, 0.1) is 31.6 Å². The fourth-order valence-electron chi connectivity index (χ4n) is 9.37. The molecule has 0 aliphatic carbocycles. The molecule has 0 fully saturated rings. The third-order valence-corrected chi connectivity index (χ3v) is 14.0. The smallest absolute Gasteiger partial charge is 0.329 e. The summed E-state index contributed by atoms with van der Waals surface area (Å²) in [6.07, 6.45) is 0. The van der Waals surface area contributed by atoms with Gasteiger partial charge in [0, 0.05) is 11.4 Å². The fraction of sp³-hybridized carbons (Fsp3) is 0. The first-order chi connectivity index (χ1) is 32.8. The molecule has 10 aromatic rings. The van der Waals surface area contributed by atoms with Gasteiger partial charge >= 0.3 is 13.7 Å². The molecule has 0 saturated heterocycles. The first kappa shape index (κ1) is 39.7. The Hall–Kier alpha value is -7.91. The lowest BCUT2D eigenvalue weighted by Gasteiger charge is -2.35. The van der Waals surface area contributed by atoms with E-state index >= 15 is 0 Å². The highest BCUT2D eigenvalue weighted by atomic mass is 32.1. The summed E-state index contributed by atoms with van der Waals surface area (Å²) in [6, 6.07) is 81.3. The summed E-state index contributed by atoms with van der Waals surface area (Å²) in [4.78, 5) is 26.9. The van der Waals surface area contributed by atoms with Crippen LogP contribution in [0.1, 0.15) is 11.1 Å². The average Bonchev–Trinajstić information content (AvgIpc) is 4.15. The molecule has 0 saturated carbocycles. The maximum Gasteiger partial charge on any atom is 0.329 e. The van der Waals surface area contributed by atoms with Crippen molar-refractivity contribution in [2.75, 3.05) is 0 Å². The van der Waals surface area contributed by atoms with E-state index in [9.17, 15) is 0 Å². The summed E-state index contributed by atoms with van der Waals surface area (Å²) >= 11 is 3.21. The van der Waals surface area contributed by atoms with E-state index in [4.69, 9.17) is 20.0 Å². The van der Waals surface area contributed by atoms with Crippen molar-refractivity contribution in [3.63, 3.8) is 0 Å². The predicted octanol–water partition coefficient (Wildman–Crippen LogP) is 10.7. The van der Waals surface area contributed by atoms with Crippen LogP contribution < -0.4 is 21.9 Å². The third kappa shape index (κ3) is 7.17. The number of benzene rings is 8. The Morgan fingerprint density at radius 2 is 0.621 bits per heavy atom. The Balaban J connectivity index is 1.26. The van der Waals surface area contributed by atoms with Crippen LogP contribution in [0.2, 0.25) is 0 Å². The van der Waals surface area contributed by atoms with Crippen LogP contribution in [0.25, 0.3) is 31.8 Å². The number of fused-ring (bicyclic) bond motifs is 3. The van der Waals surface area contributed by atoms with Crippen molar-refractivity contribution < 1.29 is 0 Å². The highest BCUT2D eigenvalue weighted by Gasteiger charge is 2.52. The summed E-state index contributed by atoms with van der Waals surface area (Å²) in [7, 11) is 0. The maximum atomic E-state index is 5.81. The zero-order chi connectivity index (χ0) is 43.8. The quantitative estimate of drug-likeness (QED) is 0.128. The minimum absolute atomic E-state index is 0.297. The Kier molecular flexibility index (Phi) is 10.4. The Labute approximate surface area is 392 Å². The van der Waals surface area contributed by atoms with Gasteiger partial charge in [-0.1, -0.05) is 251 Å². The van der Waals surface area contributed by atoms with Crippen molar-refractivity contribution in [1.82, 2.24) is 19.6 Å². The van der Waals surface area contributed by atoms with Gasteiger partial charge in [0.1, 0.15) is 11.7 Å². The van der Waals surface area contributed by atoms with E-state index in [-0.39, 0.29) is 13.7 Å². The van der Waals surface area contributed by atoms with Crippen LogP contribution >= 0.6 is 22.7 Å². The highest BCUT2D eigenvalue weighted by molar-refractivity contribution is 7.22. The van der Waals surface area contributed by atoms with E-state index < -0.39 is 0 Å². The lowest BCUT2D eigenvalue weighted by atomic mass is 9.48. The number of thiazole rings is 2. The number of hydrogen-bond donors (Lipinski definition) is 0. The molecule has 0 unspecified atom stereocenters. The van der Waals surface area contributed by atoms with Gasteiger partial charge in [-0.25, -0.2) is 20.0 Å². The topological polar surface area (TPSA) is 57.0 Å². The van der Waals surface area contributed by atoms with Crippen molar-refractivity contribution in [1.29, 1.82) is 0 Å². The van der Waals surface area contributed by atoms with Gasteiger partial charge in [-0.2, -0.15) is 0 Å². The molecular weight excluding hydrogens is 842 g/mol. The van der Waals surface area contributed by atoms with E-state index in [1.54, 1.807) is 22.7 Å². The number of hydrogen-bond acceptors (Lipinski definition) is 6. The van der Waals surface area contributed by atoms with Gasteiger partial charge in [-0.15, -0.1) is 0 Å². The zero-order valence-corrected chi connectivity index (χ0v) is 37.2. The minimum atomic E-state index is -0.297. The normalized spacial score (nSPS) is 14.8. The number of amidine groups is 2. The molecule has 0 bridgehead atoms. The molecule has 10 heteroatoms. The largest absolute Gasteiger partial charge is 0.360 e. The molecule has 2 aromatic heterocycles. The number of para-hydroxylation sites is 2. The molecule has 12 rings (SSSR count). The Morgan fingerprint density at radius 1 is 0.333 bits per heavy atom. The summed E-state index contributed by atoms with van der Waals surface area (Å²) in [6.45, 7) is -0.593. The van der Waals surface area contributed by atoms with Crippen molar-refractivity contribution in [2.24, 2.45) is 9.98 Å². The van der Waals surface area contributed by atoms with Crippen LogP contribution in [-0.4, -0.2) is 45.0 Å². The molecule has 0 spiro atoms. The molecule has 0 radical (unpaired) electrons. The number of aromatic nitrogens is 2. The Bertz CT molecular complexity index is 3110. The van der Waals surface area contributed by atoms with Crippen LogP contribution in [0.15, 0.2) is 252 Å². The molecule has 66 heavy (non-hydrogen) atoms. The molecule has 0 N–H and O–H groups in total. The summed E-state index contributed by atoms with van der Waals surface area (Å²) in [5.41, 5.74) is 12.4. The number of aliphatic imine (C=N–C) groups is 2. The van der Waals surface area contributed by atoms with Crippen molar-refractivity contribution in [2.45, 2.75) is 0 Å². The summed E-state index contributed by atoms with van der Waals surface area (Å²) < 4.78 is 2.16. The van der Waals surface area contributed by atoms with E-state index in [1.807, 2.05) is 12.1 Å². The molecule has 0 atom stereocenters. The predicted molar refractivity (Wildman–Crippen MR) is 280 cm³/mol.